The number of anilines is 1. The summed E-state index contributed by atoms with van der Waals surface area (Å²) in [7, 11) is 1.87. The van der Waals surface area contributed by atoms with Crippen LogP contribution in [0.3, 0.4) is 0 Å². The van der Waals surface area contributed by atoms with Crippen molar-refractivity contribution >= 4 is 11.9 Å². The topological polar surface area (TPSA) is 58.1 Å². The van der Waals surface area contributed by atoms with Crippen LogP contribution < -0.4 is 5.32 Å². The Morgan fingerprint density at radius 3 is 2.15 bits per heavy atom. The van der Waals surface area contributed by atoms with Crippen molar-refractivity contribution in [3.05, 3.63) is 103 Å². The first-order chi connectivity index (χ1) is 16.5. The highest BCUT2D eigenvalue weighted by Crippen LogP contribution is 2.26. The van der Waals surface area contributed by atoms with Crippen LogP contribution in [0.5, 0.6) is 0 Å². The fraction of sp³-hybridized carbons (Fsp3) is 0.207. The summed E-state index contributed by atoms with van der Waals surface area (Å²) in [6, 6.07) is 29.7. The molecule has 1 unspecified atom stereocenters. The minimum absolute atomic E-state index is 0.00101. The second kappa shape index (κ2) is 10.8. The van der Waals surface area contributed by atoms with E-state index in [2.05, 4.69) is 29.1 Å². The molecule has 4 rings (SSSR count). The molecule has 0 spiro atoms. The van der Waals surface area contributed by atoms with E-state index in [9.17, 15) is 4.79 Å². The number of hydrogen-bond donors (Lipinski definition) is 1. The molecule has 5 heteroatoms. The summed E-state index contributed by atoms with van der Waals surface area (Å²) >= 11 is 0. The normalized spacial score (nSPS) is 11.8. The van der Waals surface area contributed by atoms with E-state index in [4.69, 9.17) is 0 Å². The molecule has 0 saturated carbocycles. The van der Waals surface area contributed by atoms with Crippen molar-refractivity contribution in [3.63, 3.8) is 0 Å². The molecule has 1 aromatic heterocycles. The fourth-order valence-corrected chi connectivity index (χ4v) is 4.11. The van der Waals surface area contributed by atoms with E-state index in [0.29, 0.717) is 18.1 Å². The van der Waals surface area contributed by atoms with Crippen molar-refractivity contribution < 1.29 is 4.79 Å². The average molecular weight is 451 g/mol. The Labute approximate surface area is 201 Å². The van der Waals surface area contributed by atoms with E-state index < -0.39 is 0 Å². The van der Waals surface area contributed by atoms with Crippen molar-refractivity contribution in [2.75, 3.05) is 18.9 Å². The molecule has 3 aromatic carbocycles. The second-order valence-electron chi connectivity index (χ2n) is 8.65. The highest BCUT2D eigenvalue weighted by atomic mass is 16.2. The van der Waals surface area contributed by atoms with Crippen LogP contribution in [0, 0.1) is 5.92 Å². The lowest BCUT2D eigenvalue weighted by Crippen LogP contribution is -2.45. The number of benzene rings is 3. The lowest BCUT2D eigenvalue weighted by Gasteiger charge is -2.32. The molecule has 1 N–H and O–H groups in total. The standard InChI is InChI=1S/C29H30N4O/c1-21(2)27(20-31-29-30-19-18-26(32-29)23-14-8-5-9-15-23)33(3)28(34)25-17-11-10-16-24(25)22-12-6-4-7-13-22/h4-19,21,27H,20H2,1-3H3,(H,30,31,32). The van der Waals surface area contributed by atoms with Gasteiger partial charge in [-0.05, 0) is 29.2 Å². The van der Waals surface area contributed by atoms with E-state index in [1.165, 1.54) is 0 Å². The minimum Gasteiger partial charge on any atom is -0.352 e. The predicted octanol–water partition coefficient (Wildman–Crippen LogP) is 6.02. The number of aromatic nitrogens is 2. The average Bonchev–Trinajstić information content (AvgIpc) is 2.89. The molecular formula is C29H30N4O. The van der Waals surface area contributed by atoms with Crippen LogP contribution in [0.4, 0.5) is 5.95 Å². The third kappa shape index (κ3) is 5.31. The third-order valence-corrected chi connectivity index (χ3v) is 6.02. The Balaban J connectivity index is 1.52. The van der Waals surface area contributed by atoms with Gasteiger partial charge in [0.05, 0.1) is 11.7 Å². The van der Waals surface area contributed by atoms with Gasteiger partial charge < -0.3 is 10.2 Å². The van der Waals surface area contributed by atoms with Gasteiger partial charge in [-0.2, -0.15) is 0 Å². The van der Waals surface area contributed by atoms with Crippen LogP contribution in [0.15, 0.2) is 97.2 Å². The highest BCUT2D eigenvalue weighted by molar-refractivity contribution is 6.01. The smallest absolute Gasteiger partial charge is 0.254 e. The molecule has 0 saturated heterocycles. The van der Waals surface area contributed by atoms with Gasteiger partial charge in [0.1, 0.15) is 0 Å². The Morgan fingerprint density at radius 1 is 0.853 bits per heavy atom. The molecule has 0 bridgehead atoms. The number of carbonyl (C=O) groups is 1. The summed E-state index contributed by atoms with van der Waals surface area (Å²) in [4.78, 5) is 24.5. The van der Waals surface area contributed by atoms with Crippen LogP contribution in [-0.4, -0.2) is 40.4 Å². The molecule has 1 heterocycles. The molecule has 0 fully saturated rings. The molecule has 5 nitrogen and oxygen atoms in total. The van der Waals surface area contributed by atoms with Gasteiger partial charge in [0.25, 0.3) is 5.91 Å². The first kappa shape index (κ1) is 23.2. The number of amides is 1. The maximum Gasteiger partial charge on any atom is 0.254 e. The fourth-order valence-electron chi connectivity index (χ4n) is 4.11. The van der Waals surface area contributed by atoms with Crippen molar-refractivity contribution in [2.24, 2.45) is 5.92 Å². The zero-order valence-corrected chi connectivity index (χ0v) is 19.8. The zero-order valence-electron chi connectivity index (χ0n) is 19.8. The molecule has 0 aliphatic heterocycles. The molecule has 0 aliphatic carbocycles. The number of hydrogen-bond acceptors (Lipinski definition) is 4. The molecule has 34 heavy (non-hydrogen) atoms. The van der Waals surface area contributed by atoms with E-state index in [0.717, 1.165) is 22.4 Å². The molecular weight excluding hydrogens is 420 g/mol. The van der Waals surface area contributed by atoms with E-state index in [1.807, 2.05) is 103 Å². The van der Waals surface area contributed by atoms with Gasteiger partial charge in [-0.3, -0.25) is 4.79 Å². The van der Waals surface area contributed by atoms with E-state index in [1.54, 1.807) is 6.20 Å². The van der Waals surface area contributed by atoms with Gasteiger partial charge in [0.15, 0.2) is 0 Å². The highest BCUT2D eigenvalue weighted by Gasteiger charge is 2.26. The van der Waals surface area contributed by atoms with E-state index >= 15 is 0 Å². The summed E-state index contributed by atoms with van der Waals surface area (Å²) in [6.45, 7) is 4.80. The van der Waals surface area contributed by atoms with Crippen molar-refractivity contribution in [1.29, 1.82) is 0 Å². The van der Waals surface area contributed by atoms with Crippen molar-refractivity contribution in [1.82, 2.24) is 14.9 Å². The number of nitrogens with one attached hydrogen (secondary N) is 1. The van der Waals surface area contributed by atoms with Gasteiger partial charge in [-0.15, -0.1) is 0 Å². The number of nitrogens with zero attached hydrogens (tertiary/aromatic N) is 3. The van der Waals surface area contributed by atoms with Crippen LogP contribution in [0.1, 0.15) is 24.2 Å². The van der Waals surface area contributed by atoms with Gasteiger partial charge in [0.2, 0.25) is 5.95 Å². The Bertz CT molecular complexity index is 1230. The maximum absolute atomic E-state index is 13.6. The van der Waals surface area contributed by atoms with Crippen LogP contribution in [0.2, 0.25) is 0 Å². The monoisotopic (exact) mass is 450 g/mol. The second-order valence-corrected chi connectivity index (χ2v) is 8.65. The SMILES string of the molecule is CC(C)C(CNc1nccc(-c2ccccc2)n1)N(C)C(=O)c1ccccc1-c1ccccc1. The minimum atomic E-state index is -0.0414. The Kier molecular flexibility index (Phi) is 7.33. The molecule has 1 atom stereocenters. The van der Waals surface area contributed by atoms with Gasteiger partial charge in [-0.25, -0.2) is 9.97 Å². The van der Waals surface area contributed by atoms with Gasteiger partial charge in [-0.1, -0.05) is 92.7 Å². The number of likely N-dealkylation sites (N-methyl/N-ethyl adjacent to an activating group) is 1. The van der Waals surface area contributed by atoms with Crippen LogP contribution >= 0.6 is 0 Å². The first-order valence-corrected chi connectivity index (χ1v) is 11.6. The Hall–Kier alpha value is -3.99. The van der Waals surface area contributed by atoms with E-state index in [-0.39, 0.29) is 17.9 Å². The summed E-state index contributed by atoms with van der Waals surface area (Å²) in [6.07, 6.45) is 1.76. The van der Waals surface area contributed by atoms with Crippen molar-refractivity contribution in [3.8, 4) is 22.4 Å². The summed E-state index contributed by atoms with van der Waals surface area (Å²) in [5, 5.41) is 3.35. The molecule has 4 aromatic rings. The third-order valence-electron chi connectivity index (χ3n) is 6.02. The van der Waals surface area contributed by atoms with Crippen LogP contribution in [-0.2, 0) is 0 Å². The number of carbonyl (C=O) groups excluding carboxylic acids is 1. The maximum atomic E-state index is 13.6. The zero-order chi connectivity index (χ0) is 23.9. The largest absolute Gasteiger partial charge is 0.352 e. The molecule has 172 valence electrons. The molecule has 0 radical (unpaired) electrons. The predicted molar refractivity (Wildman–Crippen MR) is 139 cm³/mol. The lowest BCUT2D eigenvalue weighted by atomic mass is 9.97. The van der Waals surface area contributed by atoms with Crippen molar-refractivity contribution in [2.45, 2.75) is 19.9 Å². The summed E-state index contributed by atoms with van der Waals surface area (Å²) in [5.41, 5.74) is 4.57. The molecule has 0 aliphatic rings. The van der Waals surface area contributed by atoms with Gasteiger partial charge in [0, 0.05) is 30.9 Å². The lowest BCUT2D eigenvalue weighted by molar-refractivity contribution is 0.0701. The number of rotatable bonds is 8. The quantitative estimate of drug-likeness (QED) is 0.357. The van der Waals surface area contributed by atoms with Crippen LogP contribution in [0.25, 0.3) is 22.4 Å². The Morgan fingerprint density at radius 2 is 1.47 bits per heavy atom. The summed E-state index contributed by atoms with van der Waals surface area (Å²) in [5.74, 6) is 0.791. The van der Waals surface area contributed by atoms with Gasteiger partial charge >= 0.3 is 0 Å². The summed E-state index contributed by atoms with van der Waals surface area (Å²) < 4.78 is 0. The molecule has 1 amide bonds. The first-order valence-electron chi connectivity index (χ1n) is 11.6.